The van der Waals surface area contributed by atoms with E-state index in [0.717, 1.165) is 25.0 Å². The van der Waals surface area contributed by atoms with Crippen LogP contribution in [0, 0.1) is 0 Å². The number of hydrogen-bond donors (Lipinski definition) is 1. The van der Waals surface area contributed by atoms with Gasteiger partial charge in [-0.25, -0.2) is 4.98 Å². The summed E-state index contributed by atoms with van der Waals surface area (Å²) in [6.45, 7) is 2.34. The summed E-state index contributed by atoms with van der Waals surface area (Å²) in [5.41, 5.74) is 1.37. The highest BCUT2D eigenvalue weighted by Gasteiger charge is 2.32. The fraction of sp³-hybridized carbons (Fsp3) is 0.538. The van der Waals surface area contributed by atoms with Crippen molar-refractivity contribution in [2.75, 3.05) is 13.2 Å². The maximum absolute atomic E-state index is 12.4. The lowest BCUT2D eigenvalue weighted by atomic mass is 10.1. The van der Waals surface area contributed by atoms with E-state index in [1.807, 2.05) is 6.92 Å². The van der Waals surface area contributed by atoms with E-state index in [-0.39, 0.29) is 18.6 Å². The van der Waals surface area contributed by atoms with Gasteiger partial charge in [0, 0.05) is 23.8 Å². The number of aliphatic hydroxyl groups excluding tert-OH is 1. The summed E-state index contributed by atoms with van der Waals surface area (Å²) in [5, 5.41) is 9.38. The van der Waals surface area contributed by atoms with Crippen molar-refractivity contribution in [3.05, 3.63) is 28.5 Å². The standard InChI is InChI=1S/C13H17ClN2O2/c1-2-10-7-9(8-12(14)15-10)13(18)16(5-6-17)11-3-4-11/h7-8,11,17H,2-6H2,1H3. The van der Waals surface area contributed by atoms with Gasteiger partial charge in [0.05, 0.1) is 6.61 Å². The lowest BCUT2D eigenvalue weighted by molar-refractivity contribution is 0.0707. The molecule has 1 N–H and O–H groups in total. The third kappa shape index (κ3) is 3.00. The van der Waals surface area contributed by atoms with Crippen LogP contribution in [0.4, 0.5) is 0 Å². The fourth-order valence-corrected chi connectivity index (χ4v) is 2.19. The van der Waals surface area contributed by atoms with Gasteiger partial charge in [-0.2, -0.15) is 0 Å². The molecule has 2 rings (SSSR count). The van der Waals surface area contributed by atoms with E-state index in [0.29, 0.717) is 17.3 Å². The summed E-state index contributed by atoms with van der Waals surface area (Å²) >= 11 is 5.92. The van der Waals surface area contributed by atoms with Crippen LogP contribution in [0.3, 0.4) is 0 Å². The SMILES string of the molecule is CCc1cc(C(=O)N(CCO)C2CC2)cc(Cl)n1. The van der Waals surface area contributed by atoms with E-state index in [4.69, 9.17) is 16.7 Å². The lowest BCUT2D eigenvalue weighted by Crippen LogP contribution is -2.35. The first-order chi connectivity index (χ1) is 8.65. The van der Waals surface area contributed by atoms with Gasteiger partial charge in [-0.15, -0.1) is 0 Å². The molecule has 1 heterocycles. The molecular formula is C13H17ClN2O2. The van der Waals surface area contributed by atoms with Crippen molar-refractivity contribution >= 4 is 17.5 Å². The van der Waals surface area contributed by atoms with Crippen LogP contribution in [0.15, 0.2) is 12.1 Å². The molecule has 0 spiro atoms. The van der Waals surface area contributed by atoms with Gasteiger partial charge < -0.3 is 10.0 Å². The number of rotatable bonds is 5. The number of carbonyl (C=O) groups is 1. The van der Waals surface area contributed by atoms with Crippen LogP contribution in [-0.2, 0) is 6.42 Å². The molecule has 1 amide bonds. The number of hydrogen-bond acceptors (Lipinski definition) is 3. The molecule has 0 bridgehead atoms. The first-order valence-electron chi connectivity index (χ1n) is 6.24. The summed E-state index contributed by atoms with van der Waals surface area (Å²) in [6, 6.07) is 3.65. The Morgan fingerprint density at radius 3 is 2.83 bits per heavy atom. The molecule has 1 aromatic heterocycles. The van der Waals surface area contributed by atoms with E-state index >= 15 is 0 Å². The molecule has 0 atom stereocenters. The highest BCUT2D eigenvalue weighted by Crippen LogP contribution is 2.28. The van der Waals surface area contributed by atoms with Gasteiger partial charge in [0.2, 0.25) is 0 Å². The van der Waals surface area contributed by atoms with Crippen molar-refractivity contribution in [3.8, 4) is 0 Å². The number of aliphatic hydroxyl groups is 1. The topological polar surface area (TPSA) is 53.4 Å². The predicted octanol–water partition coefficient (Wildman–Crippen LogP) is 1.89. The maximum Gasteiger partial charge on any atom is 0.254 e. The highest BCUT2D eigenvalue weighted by molar-refractivity contribution is 6.29. The third-order valence-electron chi connectivity index (χ3n) is 3.05. The molecule has 1 fully saturated rings. The van der Waals surface area contributed by atoms with Crippen LogP contribution in [0.2, 0.25) is 5.15 Å². The summed E-state index contributed by atoms with van der Waals surface area (Å²) in [7, 11) is 0. The quantitative estimate of drug-likeness (QED) is 0.830. The van der Waals surface area contributed by atoms with Crippen LogP contribution in [0.1, 0.15) is 35.8 Å². The molecule has 98 valence electrons. The summed E-state index contributed by atoms with van der Waals surface area (Å²) in [6.07, 6.45) is 2.78. The molecule has 18 heavy (non-hydrogen) atoms. The van der Waals surface area contributed by atoms with Crippen molar-refractivity contribution in [3.63, 3.8) is 0 Å². The van der Waals surface area contributed by atoms with Crippen LogP contribution < -0.4 is 0 Å². The monoisotopic (exact) mass is 268 g/mol. The normalized spacial score (nSPS) is 14.6. The van der Waals surface area contributed by atoms with Crippen LogP contribution in [0.25, 0.3) is 0 Å². The first-order valence-corrected chi connectivity index (χ1v) is 6.61. The first kappa shape index (κ1) is 13.3. The molecule has 0 saturated heterocycles. The molecule has 1 saturated carbocycles. The van der Waals surface area contributed by atoms with E-state index in [2.05, 4.69) is 4.98 Å². The average Bonchev–Trinajstić information content (AvgIpc) is 3.18. The number of amides is 1. The van der Waals surface area contributed by atoms with E-state index in [1.54, 1.807) is 17.0 Å². The second kappa shape index (κ2) is 5.67. The zero-order valence-corrected chi connectivity index (χ0v) is 11.2. The average molecular weight is 269 g/mol. The molecule has 5 heteroatoms. The number of nitrogens with zero attached hydrogens (tertiary/aromatic N) is 2. The molecule has 1 aliphatic rings. The molecular weight excluding hydrogens is 252 g/mol. The molecule has 0 aromatic carbocycles. The zero-order chi connectivity index (χ0) is 13.1. The van der Waals surface area contributed by atoms with Gasteiger partial charge in [0.25, 0.3) is 5.91 Å². The van der Waals surface area contributed by atoms with Crippen molar-refractivity contribution in [2.45, 2.75) is 32.2 Å². The van der Waals surface area contributed by atoms with E-state index in [1.165, 1.54) is 0 Å². The Morgan fingerprint density at radius 2 is 2.28 bits per heavy atom. The van der Waals surface area contributed by atoms with Crippen LogP contribution in [-0.4, -0.2) is 40.1 Å². The molecule has 0 unspecified atom stereocenters. The Bertz CT molecular complexity index is 447. The number of aromatic nitrogens is 1. The lowest BCUT2D eigenvalue weighted by Gasteiger charge is -2.21. The predicted molar refractivity (Wildman–Crippen MR) is 69.8 cm³/mol. The van der Waals surface area contributed by atoms with Crippen molar-refractivity contribution in [1.82, 2.24) is 9.88 Å². The Balaban J connectivity index is 2.23. The van der Waals surface area contributed by atoms with Crippen LogP contribution in [0.5, 0.6) is 0 Å². The van der Waals surface area contributed by atoms with Gasteiger partial charge >= 0.3 is 0 Å². The fourth-order valence-electron chi connectivity index (χ4n) is 1.97. The molecule has 0 aliphatic heterocycles. The second-order valence-electron chi connectivity index (χ2n) is 4.48. The minimum Gasteiger partial charge on any atom is -0.395 e. The number of aryl methyl sites for hydroxylation is 1. The molecule has 1 aromatic rings. The van der Waals surface area contributed by atoms with Gasteiger partial charge in [0.1, 0.15) is 5.15 Å². The Morgan fingerprint density at radius 1 is 1.56 bits per heavy atom. The summed E-state index contributed by atoms with van der Waals surface area (Å²) < 4.78 is 0. The molecule has 0 radical (unpaired) electrons. The number of halogens is 1. The zero-order valence-electron chi connectivity index (χ0n) is 10.4. The number of carbonyl (C=O) groups excluding carboxylic acids is 1. The maximum atomic E-state index is 12.4. The second-order valence-corrected chi connectivity index (χ2v) is 4.86. The smallest absolute Gasteiger partial charge is 0.254 e. The third-order valence-corrected chi connectivity index (χ3v) is 3.24. The van der Waals surface area contributed by atoms with Crippen LogP contribution >= 0.6 is 11.6 Å². The largest absolute Gasteiger partial charge is 0.395 e. The van der Waals surface area contributed by atoms with Gasteiger partial charge in [-0.1, -0.05) is 18.5 Å². The molecule has 1 aliphatic carbocycles. The summed E-state index contributed by atoms with van der Waals surface area (Å²) in [4.78, 5) is 18.2. The Kier molecular flexibility index (Phi) is 4.19. The summed E-state index contributed by atoms with van der Waals surface area (Å²) in [5.74, 6) is -0.0643. The number of pyridine rings is 1. The minimum absolute atomic E-state index is 0.0122. The Labute approximate surface area is 112 Å². The Hall–Kier alpha value is -1.13. The van der Waals surface area contributed by atoms with E-state index in [9.17, 15) is 4.79 Å². The van der Waals surface area contributed by atoms with Crippen molar-refractivity contribution in [2.24, 2.45) is 0 Å². The van der Waals surface area contributed by atoms with Gasteiger partial charge in [-0.05, 0) is 31.4 Å². The molecule has 4 nitrogen and oxygen atoms in total. The van der Waals surface area contributed by atoms with Gasteiger partial charge in [0.15, 0.2) is 0 Å². The minimum atomic E-state index is -0.0643. The van der Waals surface area contributed by atoms with Gasteiger partial charge in [-0.3, -0.25) is 4.79 Å². The van der Waals surface area contributed by atoms with Crippen molar-refractivity contribution < 1.29 is 9.90 Å². The highest BCUT2D eigenvalue weighted by atomic mass is 35.5. The van der Waals surface area contributed by atoms with Crippen molar-refractivity contribution in [1.29, 1.82) is 0 Å². The van der Waals surface area contributed by atoms with E-state index < -0.39 is 0 Å².